The molecule has 24 heavy (non-hydrogen) atoms. The molecule has 0 radical (unpaired) electrons. The van der Waals surface area contributed by atoms with E-state index >= 15 is 0 Å². The average molecular weight is 336 g/mol. The van der Waals surface area contributed by atoms with Gasteiger partial charge in [0.15, 0.2) is 17.6 Å². The lowest BCUT2D eigenvalue weighted by molar-refractivity contribution is -0.134. The molecule has 1 aromatic rings. The Kier molecular flexibility index (Phi) is 7.28. The lowest BCUT2D eigenvalue weighted by Gasteiger charge is -2.16. The number of imide groups is 1. The summed E-state index contributed by atoms with van der Waals surface area (Å²) in [5.74, 6) is -0.367. The summed E-state index contributed by atoms with van der Waals surface area (Å²) in [6, 6.07) is 4.30. The third kappa shape index (κ3) is 5.64. The summed E-state index contributed by atoms with van der Waals surface area (Å²) in [4.78, 5) is 34.0. The molecule has 3 amide bonds. The van der Waals surface area contributed by atoms with Crippen molar-refractivity contribution in [3.05, 3.63) is 29.8 Å². The zero-order valence-electron chi connectivity index (χ0n) is 13.9. The minimum absolute atomic E-state index is 0.326. The summed E-state index contributed by atoms with van der Waals surface area (Å²) >= 11 is 0. The lowest BCUT2D eigenvalue weighted by atomic mass is 10.2. The highest BCUT2D eigenvalue weighted by atomic mass is 16.5. The maximum atomic E-state index is 11.8. The Morgan fingerprint density at radius 2 is 1.88 bits per heavy atom. The number of benzene rings is 1. The highest BCUT2D eigenvalue weighted by Crippen LogP contribution is 2.29. The molecule has 0 fully saturated rings. The third-order valence-corrected chi connectivity index (χ3v) is 2.94. The second-order valence-corrected chi connectivity index (χ2v) is 4.60. The van der Waals surface area contributed by atoms with Gasteiger partial charge in [-0.15, -0.1) is 0 Å². The molecular weight excluding hydrogens is 316 g/mol. The maximum absolute atomic E-state index is 11.8. The van der Waals surface area contributed by atoms with Gasteiger partial charge in [0.05, 0.1) is 14.2 Å². The Balaban J connectivity index is 2.85. The number of ether oxygens (including phenoxy) is 3. The van der Waals surface area contributed by atoms with Crippen molar-refractivity contribution in [3.8, 4) is 11.5 Å². The number of hydrogen-bond donors (Lipinski definition) is 2. The highest BCUT2D eigenvalue weighted by molar-refractivity contribution is 5.96. The Hall–Kier alpha value is -3.03. The molecule has 130 valence electrons. The van der Waals surface area contributed by atoms with E-state index < -0.39 is 24.0 Å². The average Bonchev–Trinajstić information content (AvgIpc) is 2.59. The number of rotatable bonds is 6. The predicted molar refractivity (Wildman–Crippen MR) is 86.7 cm³/mol. The van der Waals surface area contributed by atoms with Gasteiger partial charge in [-0.1, -0.05) is 6.07 Å². The molecule has 1 rings (SSSR count). The smallest absolute Gasteiger partial charge is 0.330 e. The number of urea groups is 1. The van der Waals surface area contributed by atoms with Crippen molar-refractivity contribution in [3.63, 3.8) is 0 Å². The van der Waals surface area contributed by atoms with Crippen LogP contribution in [-0.4, -0.2) is 45.3 Å². The Morgan fingerprint density at radius 3 is 2.46 bits per heavy atom. The number of amides is 3. The number of hydrogen-bond acceptors (Lipinski definition) is 6. The first-order valence-electron chi connectivity index (χ1n) is 7.04. The van der Waals surface area contributed by atoms with Gasteiger partial charge in [0.25, 0.3) is 5.91 Å². The van der Waals surface area contributed by atoms with Crippen molar-refractivity contribution in [2.75, 3.05) is 21.3 Å². The van der Waals surface area contributed by atoms with Crippen LogP contribution in [0.5, 0.6) is 11.5 Å². The van der Waals surface area contributed by atoms with E-state index in [-0.39, 0.29) is 0 Å². The zero-order valence-corrected chi connectivity index (χ0v) is 13.9. The van der Waals surface area contributed by atoms with E-state index in [1.54, 1.807) is 24.3 Å². The van der Waals surface area contributed by atoms with Crippen LogP contribution in [-0.2, 0) is 14.3 Å². The summed E-state index contributed by atoms with van der Waals surface area (Å²) in [6.45, 7) is 1.50. The molecular formula is C16H20N2O6. The minimum atomic E-state index is -0.910. The van der Waals surface area contributed by atoms with E-state index in [1.165, 1.54) is 34.3 Å². The molecule has 0 bridgehead atoms. The number of methoxy groups -OCH3 is 2. The topological polar surface area (TPSA) is 103 Å². The van der Waals surface area contributed by atoms with Crippen LogP contribution in [0.3, 0.4) is 0 Å². The van der Waals surface area contributed by atoms with Gasteiger partial charge in [-0.2, -0.15) is 0 Å². The molecule has 1 aromatic carbocycles. The maximum Gasteiger partial charge on any atom is 0.330 e. The van der Waals surface area contributed by atoms with E-state index in [1.807, 2.05) is 0 Å². The first kappa shape index (κ1) is 19.0. The SMILES string of the molecule is CNC(=O)NC(=O)C(C)Oc1ccc(/C=C\C(=O)OC)cc1OC. The van der Waals surface area contributed by atoms with Gasteiger partial charge in [-0.3, -0.25) is 10.1 Å². The molecule has 0 heterocycles. The number of esters is 1. The molecule has 0 aliphatic rings. The van der Waals surface area contributed by atoms with Crippen LogP contribution in [0.2, 0.25) is 0 Å². The van der Waals surface area contributed by atoms with Crippen LogP contribution in [0, 0.1) is 0 Å². The molecule has 1 unspecified atom stereocenters. The largest absolute Gasteiger partial charge is 0.493 e. The number of carbonyl (C=O) groups is 3. The number of carbonyl (C=O) groups excluding carboxylic acids is 3. The van der Waals surface area contributed by atoms with Crippen LogP contribution in [0.1, 0.15) is 12.5 Å². The second-order valence-electron chi connectivity index (χ2n) is 4.60. The Morgan fingerprint density at radius 1 is 1.17 bits per heavy atom. The van der Waals surface area contributed by atoms with Gasteiger partial charge in [-0.25, -0.2) is 9.59 Å². The molecule has 0 saturated carbocycles. The van der Waals surface area contributed by atoms with Crippen LogP contribution in [0.4, 0.5) is 4.79 Å². The fourth-order valence-corrected chi connectivity index (χ4v) is 1.64. The van der Waals surface area contributed by atoms with Gasteiger partial charge in [-0.05, 0) is 30.7 Å². The molecule has 0 aliphatic heterocycles. The van der Waals surface area contributed by atoms with Gasteiger partial charge in [0, 0.05) is 13.1 Å². The van der Waals surface area contributed by atoms with Gasteiger partial charge < -0.3 is 19.5 Å². The predicted octanol–water partition coefficient (Wildman–Crippen LogP) is 1.10. The standard InChI is InChI=1S/C16H20N2O6/c1-10(15(20)18-16(21)17-2)24-12-7-5-11(9-13(12)22-3)6-8-14(19)23-4/h5-10H,1-4H3,(H2,17,18,20,21)/b8-6-. The van der Waals surface area contributed by atoms with E-state index in [9.17, 15) is 14.4 Å². The Bertz CT molecular complexity index is 641. The van der Waals surface area contributed by atoms with Crippen molar-refractivity contribution < 1.29 is 28.6 Å². The molecule has 0 aliphatic carbocycles. The summed E-state index contributed by atoms with van der Waals surface area (Å²) in [6.07, 6.45) is 1.92. The van der Waals surface area contributed by atoms with Crippen molar-refractivity contribution in [2.45, 2.75) is 13.0 Å². The summed E-state index contributed by atoms with van der Waals surface area (Å²) < 4.78 is 15.2. The molecule has 8 heteroatoms. The summed E-state index contributed by atoms with van der Waals surface area (Å²) in [5.41, 5.74) is 0.687. The highest BCUT2D eigenvalue weighted by Gasteiger charge is 2.18. The first-order valence-corrected chi connectivity index (χ1v) is 7.04. The van der Waals surface area contributed by atoms with Crippen LogP contribution < -0.4 is 20.1 Å². The second kappa shape index (κ2) is 9.19. The zero-order chi connectivity index (χ0) is 18.1. The van der Waals surface area contributed by atoms with Crippen molar-refractivity contribution in [2.24, 2.45) is 0 Å². The van der Waals surface area contributed by atoms with E-state index in [0.29, 0.717) is 17.1 Å². The molecule has 0 saturated heterocycles. The monoisotopic (exact) mass is 336 g/mol. The molecule has 1 atom stereocenters. The van der Waals surface area contributed by atoms with E-state index in [4.69, 9.17) is 9.47 Å². The molecule has 2 N–H and O–H groups in total. The van der Waals surface area contributed by atoms with Gasteiger partial charge in [0.2, 0.25) is 0 Å². The normalized spacial score (nSPS) is 11.5. The number of nitrogens with one attached hydrogen (secondary N) is 2. The third-order valence-electron chi connectivity index (χ3n) is 2.94. The quantitative estimate of drug-likeness (QED) is 0.596. The van der Waals surface area contributed by atoms with Crippen molar-refractivity contribution >= 4 is 24.0 Å². The van der Waals surface area contributed by atoms with E-state index in [2.05, 4.69) is 15.4 Å². The summed E-state index contributed by atoms with van der Waals surface area (Å²) in [7, 11) is 4.14. The van der Waals surface area contributed by atoms with Crippen molar-refractivity contribution in [1.29, 1.82) is 0 Å². The fourth-order valence-electron chi connectivity index (χ4n) is 1.64. The van der Waals surface area contributed by atoms with Crippen molar-refractivity contribution in [1.82, 2.24) is 10.6 Å². The van der Waals surface area contributed by atoms with Crippen LogP contribution >= 0.6 is 0 Å². The summed E-state index contributed by atoms with van der Waals surface area (Å²) in [5, 5.41) is 4.40. The van der Waals surface area contributed by atoms with Gasteiger partial charge >= 0.3 is 12.0 Å². The van der Waals surface area contributed by atoms with Crippen LogP contribution in [0.25, 0.3) is 6.08 Å². The molecule has 8 nitrogen and oxygen atoms in total. The first-order chi connectivity index (χ1) is 11.4. The fraction of sp³-hybridized carbons (Fsp3) is 0.312. The Labute approximate surface area is 139 Å². The molecule has 0 aromatic heterocycles. The van der Waals surface area contributed by atoms with E-state index in [0.717, 1.165) is 0 Å². The molecule has 0 spiro atoms. The lowest BCUT2D eigenvalue weighted by Crippen LogP contribution is -2.43. The van der Waals surface area contributed by atoms with Gasteiger partial charge in [0.1, 0.15) is 0 Å². The minimum Gasteiger partial charge on any atom is -0.493 e. The van der Waals surface area contributed by atoms with Crippen LogP contribution in [0.15, 0.2) is 24.3 Å².